The van der Waals surface area contributed by atoms with Gasteiger partial charge in [-0.05, 0) is 25.7 Å². The molecule has 5 rings (SSSR count). The summed E-state index contributed by atoms with van der Waals surface area (Å²) in [5, 5.41) is 4.68. The van der Waals surface area contributed by atoms with E-state index in [2.05, 4.69) is 20.0 Å². The van der Waals surface area contributed by atoms with Crippen LogP contribution in [0.2, 0.25) is 0 Å². The van der Waals surface area contributed by atoms with Crippen molar-refractivity contribution >= 4 is 11.7 Å². The van der Waals surface area contributed by atoms with Crippen LogP contribution in [0.15, 0.2) is 12.4 Å². The summed E-state index contributed by atoms with van der Waals surface area (Å²) in [6.07, 6.45) is 8.77. The minimum Gasteiger partial charge on any atom is -0.353 e. The Bertz CT molecular complexity index is 797. The SMILES string of the molecule is O=C(c1cncc(N2CCc3nc(C4CC4)nn3CC2)n1)N1CCCC1. The Morgan fingerprint density at radius 2 is 1.85 bits per heavy atom. The van der Waals surface area contributed by atoms with Crippen LogP contribution >= 0.6 is 0 Å². The van der Waals surface area contributed by atoms with Gasteiger partial charge in [-0.2, -0.15) is 5.10 Å². The van der Waals surface area contributed by atoms with Crippen molar-refractivity contribution in [3.63, 3.8) is 0 Å². The molecule has 0 radical (unpaired) electrons. The van der Waals surface area contributed by atoms with E-state index in [1.807, 2.05) is 9.58 Å². The predicted molar refractivity (Wildman–Crippen MR) is 95.1 cm³/mol. The second-order valence-electron chi connectivity index (χ2n) is 7.38. The van der Waals surface area contributed by atoms with Gasteiger partial charge in [0.15, 0.2) is 5.82 Å². The van der Waals surface area contributed by atoms with Gasteiger partial charge in [0.05, 0.1) is 18.9 Å². The number of anilines is 1. The zero-order valence-corrected chi connectivity index (χ0v) is 14.8. The number of aromatic nitrogens is 5. The molecule has 2 aromatic rings. The van der Waals surface area contributed by atoms with Crippen molar-refractivity contribution in [1.82, 2.24) is 29.6 Å². The Morgan fingerprint density at radius 3 is 2.65 bits per heavy atom. The maximum Gasteiger partial charge on any atom is 0.274 e. The molecule has 4 heterocycles. The quantitative estimate of drug-likeness (QED) is 0.826. The van der Waals surface area contributed by atoms with Crippen molar-refractivity contribution < 1.29 is 4.79 Å². The van der Waals surface area contributed by atoms with Crippen LogP contribution in [0.5, 0.6) is 0 Å². The number of hydrogen-bond acceptors (Lipinski definition) is 6. The van der Waals surface area contributed by atoms with Crippen LogP contribution < -0.4 is 4.90 Å². The number of amides is 1. The summed E-state index contributed by atoms with van der Waals surface area (Å²) in [5.74, 6) is 3.43. The van der Waals surface area contributed by atoms with E-state index in [1.165, 1.54) is 12.8 Å². The van der Waals surface area contributed by atoms with Gasteiger partial charge in [-0.15, -0.1) is 0 Å². The molecule has 0 spiro atoms. The topological polar surface area (TPSA) is 80.0 Å². The molecule has 0 bridgehead atoms. The van der Waals surface area contributed by atoms with Crippen molar-refractivity contribution in [2.24, 2.45) is 0 Å². The second kappa shape index (κ2) is 6.34. The van der Waals surface area contributed by atoms with Gasteiger partial charge in [0, 0.05) is 38.5 Å². The molecule has 1 saturated heterocycles. The third-order valence-corrected chi connectivity index (χ3v) is 5.45. The average molecular weight is 353 g/mol. The first-order valence-corrected chi connectivity index (χ1v) is 9.58. The summed E-state index contributed by atoms with van der Waals surface area (Å²) in [6, 6.07) is 0. The number of nitrogens with zero attached hydrogens (tertiary/aromatic N) is 7. The molecule has 8 nitrogen and oxygen atoms in total. The minimum absolute atomic E-state index is 0.00431. The van der Waals surface area contributed by atoms with Gasteiger partial charge >= 0.3 is 0 Å². The Balaban J connectivity index is 1.31. The molecule has 3 aliphatic rings. The third kappa shape index (κ3) is 2.93. The molecule has 1 saturated carbocycles. The van der Waals surface area contributed by atoms with Crippen molar-refractivity contribution in [3.8, 4) is 0 Å². The maximum atomic E-state index is 12.6. The fraction of sp³-hybridized carbons (Fsp3) is 0.611. The molecule has 26 heavy (non-hydrogen) atoms. The van der Waals surface area contributed by atoms with Gasteiger partial charge in [-0.25, -0.2) is 14.6 Å². The van der Waals surface area contributed by atoms with E-state index < -0.39 is 0 Å². The molecule has 2 fully saturated rings. The molecule has 0 N–H and O–H groups in total. The molecule has 0 aromatic carbocycles. The first kappa shape index (κ1) is 15.7. The average Bonchev–Trinajstić information content (AvgIpc) is 3.29. The predicted octanol–water partition coefficient (Wildman–Crippen LogP) is 1.24. The Labute approximate surface area is 152 Å². The molecule has 0 unspecified atom stereocenters. The molecule has 1 amide bonds. The summed E-state index contributed by atoms with van der Waals surface area (Å²) in [7, 11) is 0. The van der Waals surface area contributed by atoms with E-state index in [0.717, 1.165) is 69.5 Å². The van der Waals surface area contributed by atoms with Crippen LogP contribution in [0.25, 0.3) is 0 Å². The normalized spacial score (nSPS) is 20.2. The molecular formula is C18H23N7O. The van der Waals surface area contributed by atoms with Crippen LogP contribution in [0.3, 0.4) is 0 Å². The number of carbonyl (C=O) groups is 1. The highest BCUT2D eigenvalue weighted by Gasteiger charge is 2.30. The lowest BCUT2D eigenvalue weighted by molar-refractivity contribution is 0.0786. The summed E-state index contributed by atoms with van der Waals surface area (Å²) < 4.78 is 2.04. The summed E-state index contributed by atoms with van der Waals surface area (Å²) >= 11 is 0. The van der Waals surface area contributed by atoms with E-state index >= 15 is 0 Å². The number of fused-ring (bicyclic) bond motifs is 1. The number of carbonyl (C=O) groups excluding carboxylic acids is 1. The van der Waals surface area contributed by atoms with E-state index in [4.69, 9.17) is 4.98 Å². The lowest BCUT2D eigenvalue weighted by atomic mass is 10.3. The van der Waals surface area contributed by atoms with E-state index in [9.17, 15) is 4.79 Å². The second-order valence-corrected chi connectivity index (χ2v) is 7.38. The molecule has 1 aliphatic carbocycles. The monoisotopic (exact) mass is 353 g/mol. The minimum atomic E-state index is -0.00431. The fourth-order valence-electron chi connectivity index (χ4n) is 3.76. The standard InChI is InChI=1S/C18H23N7O/c26-18(24-6-1-2-7-24)14-11-19-12-16(20-14)23-8-5-15-21-17(13-3-4-13)22-25(15)10-9-23/h11-13H,1-10H2. The molecule has 8 heteroatoms. The zero-order chi connectivity index (χ0) is 17.5. The van der Waals surface area contributed by atoms with E-state index in [1.54, 1.807) is 12.4 Å². The van der Waals surface area contributed by atoms with Gasteiger partial charge in [0.25, 0.3) is 5.91 Å². The van der Waals surface area contributed by atoms with Crippen LogP contribution in [0.4, 0.5) is 5.82 Å². The summed E-state index contributed by atoms with van der Waals surface area (Å²) in [5.41, 5.74) is 0.445. The number of likely N-dealkylation sites (tertiary alicyclic amines) is 1. The van der Waals surface area contributed by atoms with E-state index in [0.29, 0.717) is 11.6 Å². The highest BCUT2D eigenvalue weighted by Crippen LogP contribution is 2.38. The zero-order valence-electron chi connectivity index (χ0n) is 14.8. The first-order valence-electron chi connectivity index (χ1n) is 9.58. The molecule has 2 aromatic heterocycles. The fourth-order valence-corrected chi connectivity index (χ4v) is 3.76. The maximum absolute atomic E-state index is 12.6. The summed E-state index contributed by atoms with van der Waals surface area (Å²) in [4.78, 5) is 30.2. The molecular weight excluding hydrogens is 330 g/mol. The van der Waals surface area contributed by atoms with Gasteiger partial charge in [-0.1, -0.05) is 0 Å². The van der Waals surface area contributed by atoms with Crippen molar-refractivity contribution in [2.75, 3.05) is 31.1 Å². The summed E-state index contributed by atoms with van der Waals surface area (Å²) in [6.45, 7) is 4.06. The largest absolute Gasteiger partial charge is 0.353 e. The Morgan fingerprint density at radius 1 is 1.00 bits per heavy atom. The third-order valence-electron chi connectivity index (χ3n) is 5.45. The van der Waals surface area contributed by atoms with Crippen LogP contribution in [0.1, 0.15) is 53.7 Å². The van der Waals surface area contributed by atoms with Crippen LogP contribution in [0, 0.1) is 0 Å². The molecule has 136 valence electrons. The van der Waals surface area contributed by atoms with Crippen molar-refractivity contribution in [3.05, 3.63) is 29.7 Å². The molecule has 2 aliphatic heterocycles. The van der Waals surface area contributed by atoms with Gasteiger partial charge < -0.3 is 9.80 Å². The highest BCUT2D eigenvalue weighted by molar-refractivity contribution is 5.92. The Hall–Kier alpha value is -2.51. The van der Waals surface area contributed by atoms with Crippen LogP contribution in [-0.4, -0.2) is 61.7 Å². The highest BCUT2D eigenvalue weighted by atomic mass is 16.2. The van der Waals surface area contributed by atoms with Gasteiger partial charge in [-0.3, -0.25) is 9.78 Å². The number of rotatable bonds is 3. The Kier molecular flexibility index (Phi) is 3.83. The van der Waals surface area contributed by atoms with E-state index in [-0.39, 0.29) is 5.91 Å². The van der Waals surface area contributed by atoms with Crippen LogP contribution in [-0.2, 0) is 13.0 Å². The molecule has 0 atom stereocenters. The van der Waals surface area contributed by atoms with Crippen molar-refractivity contribution in [2.45, 2.75) is 44.6 Å². The smallest absolute Gasteiger partial charge is 0.274 e. The first-order chi connectivity index (χ1) is 12.8. The van der Waals surface area contributed by atoms with Gasteiger partial charge in [0.1, 0.15) is 17.3 Å². The van der Waals surface area contributed by atoms with Crippen molar-refractivity contribution in [1.29, 1.82) is 0 Å². The lowest BCUT2D eigenvalue weighted by Gasteiger charge is -2.21. The van der Waals surface area contributed by atoms with Gasteiger partial charge in [0.2, 0.25) is 0 Å². The number of hydrogen-bond donors (Lipinski definition) is 0. The lowest BCUT2D eigenvalue weighted by Crippen LogP contribution is -2.31.